The second-order valence-corrected chi connectivity index (χ2v) is 5.56. The standard InChI is InChI=1S/C13H14N2O2S/c1-7-5-10-8-3-2-4-9(8)13(18)14-11(10)6-12(7)15(16)17/h5-6,8-9H,2-4H2,1H3,(H,14,18). The van der Waals surface area contributed by atoms with Crippen LogP contribution in [0.15, 0.2) is 12.1 Å². The van der Waals surface area contributed by atoms with Gasteiger partial charge in [0.05, 0.1) is 9.91 Å². The van der Waals surface area contributed by atoms with Crippen molar-refractivity contribution in [2.24, 2.45) is 5.92 Å². The van der Waals surface area contributed by atoms with E-state index in [9.17, 15) is 10.1 Å². The average molecular weight is 262 g/mol. The number of anilines is 1. The van der Waals surface area contributed by atoms with E-state index in [-0.39, 0.29) is 10.6 Å². The lowest BCUT2D eigenvalue weighted by atomic mass is 9.83. The van der Waals surface area contributed by atoms with Crippen LogP contribution in [-0.2, 0) is 0 Å². The van der Waals surface area contributed by atoms with Gasteiger partial charge >= 0.3 is 0 Å². The van der Waals surface area contributed by atoms with E-state index in [1.807, 2.05) is 6.07 Å². The molecule has 1 aromatic rings. The lowest BCUT2D eigenvalue weighted by molar-refractivity contribution is -0.385. The summed E-state index contributed by atoms with van der Waals surface area (Å²) in [6, 6.07) is 3.59. The number of nitrogens with zero attached hydrogens (tertiary/aromatic N) is 1. The Hall–Kier alpha value is -1.49. The molecule has 2 atom stereocenters. The van der Waals surface area contributed by atoms with Crippen LogP contribution < -0.4 is 5.32 Å². The number of hydrogen-bond acceptors (Lipinski definition) is 3. The van der Waals surface area contributed by atoms with Crippen LogP contribution in [-0.4, -0.2) is 9.91 Å². The van der Waals surface area contributed by atoms with E-state index in [1.165, 1.54) is 12.0 Å². The Bertz CT molecular complexity index is 556. The summed E-state index contributed by atoms with van der Waals surface area (Å²) in [5, 5.41) is 14.1. The van der Waals surface area contributed by atoms with Crippen LogP contribution in [0.4, 0.5) is 11.4 Å². The minimum absolute atomic E-state index is 0.167. The molecule has 5 heteroatoms. The van der Waals surface area contributed by atoms with Crippen molar-refractivity contribution in [1.82, 2.24) is 0 Å². The maximum atomic E-state index is 11.0. The van der Waals surface area contributed by atoms with Gasteiger partial charge in [0.15, 0.2) is 0 Å². The molecule has 3 rings (SSSR count). The minimum Gasteiger partial charge on any atom is -0.349 e. The summed E-state index contributed by atoms with van der Waals surface area (Å²) in [5.41, 5.74) is 2.94. The molecule has 1 aliphatic carbocycles. The molecule has 1 aromatic carbocycles. The topological polar surface area (TPSA) is 55.2 Å². The van der Waals surface area contributed by atoms with Crippen molar-refractivity contribution in [2.75, 3.05) is 5.32 Å². The largest absolute Gasteiger partial charge is 0.349 e. The van der Waals surface area contributed by atoms with Gasteiger partial charge in [-0.25, -0.2) is 0 Å². The smallest absolute Gasteiger partial charge is 0.274 e. The Kier molecular flexibility index (Phi) is 2.59. The second-order valence-electron chi connectivity index (χ2n) is 5.12. The average Bonchev–Trinajstić information content (AvgIpc) is 2.79. The highest BCUT2D eigenvalue weighted by Gasteiger charge is 2.37. The van der Waals surface area contributed by atoms with Crippen molar-refractivity contribution in [3.8, 4) is 0 Å². The van der Waals surface area contributed by atoms with Gasteiger partial charge in [0.25, 0.3) is 5.69 Å². The van der Waals surface area contributed by atoms with E-state index in [1.54, 1.807) is 13.0 Å². The fraction of sp³-hybridized carbons (Fsp3) is 0.462. The number of benzene rings is 1. The molecule has 0 radical (unpaired) electrons. The van der Waals surface area contributed by atoms with Crippen molar-refractivity contribution >= 4 is 28.6 Å². The number of aryl methyl sites for hydroxylation is 1. The summed E-state index contributed by atoms with van der Waals surface area (Å²) in [7, 11) is 0. The van der Waals surface area contributed by atoms with Crippen LogP contribution in [0.3, 0.4) is 0 Å². The number of fused-ring (bicyclic) bond motifs is 3. The predicted molar refractivity (Wildman–Crippen MR) is 74.1 cm³/mol. The number of nitro groups is 1. The molecule has 1 heterocycles. The van der Waals surface area contributed by atoms with Gasteiger partial charge in [0, 0.05) is 23.2 Å². The Morgan fingerprint density at radius 1 is 1.39 bits per heavy atom. The summed E-state index contributed by atoms with van der Waals surface area (Å²) in [6.07, 6.45) is 3.45. The van der Waals surface area contributed by atoms with Gasteiger partial charge in [-0.15, -0.1) is 0 Å². The Morgan fingerprint density at radius 2 is 2.11 bits per heavy atom. The fourth-order valence-electron chi connectivity index (χ4n) is 3.20. The molecular formula is C13H14N2O2S. The van der Waals surface area contributed by atoms with Crippen molar-refractivity contribution in [1.29, 1.82) is 0 Å². The van der Waals surface area contributed by atoms with Crippen molar-refractivity contribution in [3.05, 3.63) is 33.4 Å². The van der Waals surface area contributed by atoms with Crippen molar-refractivity contribution < 1.29 is 4.92 Å². The lowest BCUT2D eigenvalue weighted by Crippen LogP contribution is -2.29. The lowest BCUT2D eigenvalue weighted by Gasteiger charge is -2.30. The summed E-state index contributed by atoms with van der Waals surface area (Å²) in [5.74, 6) is 0.876. The molecule has 4 nitrogen and oxygen atoms in total. The summed E-state index contributed by atoms with van der Waals surface area (Å²) >= 11 is 5.38. The first-order valence-electron chi connectivity index (χ1n) is 6.17. The normalized spacial score (nSPS) is 25.3. The van der Waals surface area contributed by atoms with E-state index >= 15 is 0 Å². The van der Waals surface area contributed by atoms with Crippen LogP contribution in [0.25, 0.3) is 0 Å². The summed E-state index contributed by atoms with van der Waals surface area (Å²) in [4.78, 5) is 11.5. The van der Waals surface area contributed by atoms with Crippen LogP contribution in [0.5, 0.6) is 0 Å². The number of rotatable bonds is 1. The quantitative estimate of drug-likeness (QED) is 0.478. The molecule has 94 valence electrons. The van der Waals surface area contributed by atoms with E-state index in [0.29, 0.717) is 11.8 Å². The van der Waals surface area contributed by atoms with Crippen LogP contribution in [0, 0.1) is 23.0 Å². The zero-order chi connectivity index (χ0) is 12.9. The first kappa shape index (κ1) is 11.6. The van der Waals surface area contributed by atoms with Crippen LogP contribution in [0.2, 0.25) is 0 Å². The van der Waals surface area contributed by atoms with Gasteiger partial charge in [-0.2, -0.15) is 0 Å². The Balaban J connectivity index is 2.13. The second kappa shape index (κ2) is 4.02. The van der Waals surface area contributed by atoms with Crippen LogP contribution in [0.1, 0.15) is 36.3 Å². The van der Waals surface area contributed by atoms with Crippen molar-refractivity contribution in [2.45, 2.75) is 32.1 Å². The maximum absolute atomic E-state index is 11.0. The summed E-state index contributed by atoms with van der Waals surface area (Å²) < 4.78 is 0. The molecule has 1 N–H and O–H groups in total. The van der Waals surface area contributed by atoms with Gasteiger partial charge in [-0.05, 0) is 37.3 Å². The molecule has 0 aromatic heterocycles. The predicted octanol–water partition coefficient (Wildman–Crippen LogP) is 3.54. The SMILES string of the molecule is Cc1cc2c(cc1[N+](=O)[O-])NC(=S)C1CCCC21. The highest BCUT2D eigenvalue weighted by Crippen LogP contribution is 2.47. The molecule has 2 unspecified atom stereocenters. The third-order valence-corrected chi connectivity index (χ3v) is 4.48. The first-order chi connectivity index (χ1) is 8.58. The first-order valence-corrected chi connectivity index (χ1v) is 6.58. The molecule has 1 saturated carbocycles. The van der Waals surface area contributed by atoms with Crippen molar-refractivity contribution in [3.63, 3.8) is 0 Å². The van der Waals surface area contributed by atoms with Crippen LogP contribution >= 0.6 is 12.2 Å². The van der Waals surface area contributed by atoms with Gasteiger partial charge in [-0.3, -0.25) is 10.1 Å². The molecule has 18 heavy (non-hydrogen) atoms. The fourth-order valence-corrected chi connectivity index (χ4v) is 3.59. The molecule has 0 spiro atoms. The Labute approximate surface area is 111 Å². The number of hydrogen-bond donors (Lipinski definition) is 1. The molecule has 0 bridgehead atoms. The van der Waals surface area contributed by atoms with Gasteiger partial charge in [0.1, 0.15) is 0 Å². The third-order valence-electron chi connectivity index (χ3n) is 4.07. The number of nitrogens with one attached hydrogen (secondary N) is 1. The Morgan fingerprint density at radius 3 is 2.83 bits per heavy atom. The van der Waals surface area contributed by atoms with E-state index in [0.717, 1.165) is 29.1 Å². The van der Waals surface area contributed by atoms with E-state index in [2.05, 4.69) is 5.32 Å². The zero-order valence-electron chi connectivity index (χ0n) is 10.1. The highest BCUT2D eigenvalue weighted by atomic mass is 32.1. The summed E-state index contributed by atoms with van der Waals surface area (Å²) in [6.45, 7) is 1.80. The highest BCUT2D eigenvalue weighted by molar-refractivity contribution is 7.80. The number of nitro benzene ring substituents is 1. The number of thiocarbonyl (C=S) groups is 1. The molecule has 2 aliphatic rings. The monoisotopic (exact) mass is 262 g/mol. The zero-order valence-corrected chi connectivity index (χ0v) is 10.9. The van der Waals surface area contributed by atoms with Gasteiger partial charge in [-0.1, -0.05) is 18.6 Å². The molecular weight excluding hydrogens is 248 g/mol. The molecule has 1 aliphatic heterocycles. The molecule has 0 amide bonds. The maximum Gasteiger partial charge on any atom is 0.274 e. The minimum atomic E-state index is -0.332. The van der Waals surface area contributed by atoms with E-state index in [4.69, 9.17) is 12.2 Å². The van der Waals surface area contributed by atoms with Gasteiger partial charge < -0.3 is 5.32 Å². The van der Waals surface area contributed by atoms with E-state index < -0.39 is 0 Å². The third kappa shape index (κ3) is 1.61. The molecule has 1 fully saturated rings. The molecule has 0 saturated heterocycles. The van der Waals surface area contributed by atoms with Gasteiger partial charge in [0.2, 0.25) is 0 Å².